The molecule has 0 unspecified atom stereocenters. The number of hydrogen-bond donors (Lipinski definition) is 0. The van der Waals surface area contributed by atoms with Crippen molar-refractivity contribution in [1.82, 2.24) is 0 Å². The van der Waals surface area contributed by atoms with Gasteiger partial charge in [-0.1, -0.05) is 6.07 Å². The van der Waals surface area contributed by atoms with Gasteiger partial charge in [-0.2, -0.15) is 5.26 Å². The van der Waals surface area contributed by atoms with E-state index in [4.69, 9.17) is 21.6 Å². The van der Waals surface area contributed by atoms with E-state index in [0.717, 1.165) is 5.56 Å². The highest BCUT2D eigenvalue weighted by molar-refractivity contribution is 6.17. The molecule has 0 radical (unpaired) electrons. The van der Waals surface area contributed by atoms with Gasteiger partial charge in [-0.25, -0.2) is 0 Å². The van der Waals surface area contributed by atoms with Gasteiger partial charge in [0.1, 0.15) is 11.8 Å². The molecule has 0 atom stereocenters. The van der Waals surface area contributed by atoms with Crippen LogP contribution in [0, 0.1) is 11.3 Å². The molecule has 17 heavy (non-hydrogen) atoms. The summed E-state index contributed by atoms with van der Waals surface area (Å²) in [6.07, 6.45) is 0.0283. The molecule has 4 nitrogen and oxygen atoms in total. The second-order valence-electron chi connectivity index (χ2n) is 3.33. The maximum absolute atomic E-state index is 11.2. The molecule has 1 aromatic rings. The summed E-state index contributed by atoms with van der Waals surface area (Å²) in [5.41, 5.74) is 1.70. The molecule has 90 valence electrons. The zero-order chi connectivity index (χ0) is 12.8. The topological polar surface area (TPSA) is 59.3 Å². The van der Waals surface area contributed by atoms with E-state index in [-0.39, 0.29) is 12.3 Å². The zero-order valence-electron chi connectivity index (χ0n) is 9.62. The summed E-state index contributed by atoms with van der Waals surface area (Å²) in [7, 11) is 2.77. The van der Waals surface area contributed by atoms with Crippen molar-refractivity contribution in [3.63, 3.8) is 0 Å². The fraction of sp³-hybridized carbons (Fsp3) is 0.333. The first-order chi connectivity index (χ1) is 8.15. The lowest BCUT2D eigenvalue weighted by Crippen LogP contribution is -2.07. The number of nitrogens with zero attached hydrogens (tertiary/aromatic N) is 1. The van der Waals surface area contributed by atoms with Crippen LogP contribution in [-0.4, -0.2) is 20.2 Å². The Morgan fingerprint density at radius 2 is 2.18 bits per heavy atom. The maximum atomic E-state index is 11.2. The van der Waals surface area contributed by atoms with Crippen LogP contribution < -0.4 is 4.74 Å². The number of rotatable bonds is 4. The van der Waals surface area contributed by atoms with Crippen molar-refractivity contribution in [1.29, 1.82) is 5.26 Å². The lowest BCUT2D eigenvalue weighted by molar-refractivity contribution is -0.139. The van der Waals surface area contributed by atoms with Gasteiger partial charge in [0, 0.05) is 5.88 Å². The molecule has 0 saturated heterocycles. The molecule has 0 N–H and O–H groups in total. The van der Waals surface area contributed by atoms with Gasteiger partial charge in [-0.05, 0) is 17.2 Å². The fourth-order valence-corrected chi connectivity index (χ4v) is 1.62. The second-order valence-corrected chi connectivity index (χ2v) is 3.60. The summed E-state index contributed by atoms with van der Waals surface area (Å²) in [5, 5.41) is 9.06. The first-order valence-corrected chi connectivity index (χ1v) is 5.42. The third-order valence-corrected chi connectivity index (χ3v) is 2.60. The summed E-state index contributed by atoms with van der Waals surface area (Å²) in [6, 6.07) is 5.42. The number of benzene rings is 1. The molecular weight excluding hydrogens is 242 g/mol. The average molecular weight is 254 g/mol. The van der Waals surface area contributed by atoms with Crippen molar-refractivity contribution in [2.75, 3.05) is 14.2 Å². The van der Waals surface area contributed by atoms with Gasteiger partial charge in [0.15, 0.2) is 0 Å². The lowest BCUT2D eigenvalue weighted by Gasteiger charge is -2.10. The van der Waals surface area contributed by atoms with Crippen LogP contribution >= 0.6 is 11.6 Å². The Labute approximate surface area is 105 Å². The van der Waals surface area contributed by atoms with Crippen LogP contribution in [0.3, 0.4) is 0 Å². The number of esters is 1. The SMILES string of the molecule is COC(=O)Cc1cc(CCl)cc(OC)c1C#N. The number of methoxy groups -OCH3 is 2. The number of alkyl halides is 1. The van der Waals surface area contributed by atoms with Crippen molar-refractivity contribution in [3.05, 3.63) is 28.8 Å². The van der Waals surface area contributed by atoms with Gasteiger partial charge in [0.05, 0.1) is 26.2 Å². The molecule has 0 heterocycles. The molecule has 0 aliphatic carbocycles. The largest absolute Gasteiger partial charge is 0.495 e. The minimum atomic E-state index is -0.407. The second kappa shape index (κ2) is 6.12. The molecule has 0 fully saturated rings. The smallest absolute Gasteiger partial charge is 0.310 e. The molecule has 0 bridgehead atoms. The Morgan fingerprint density at radius 3 is 2.65 bits per heavy atom. The lowest BCUT2D eigenvalue weighted by atomic mass is 10.0. The predicted molar refractivity (Wildman–Crippen MR) is 63.0 cm³/mol. The number of halogens is 1. The molecule has 1 rings (SSSR count). The monoisotopic (exact) mass is 253 g/mol. The fourth-order valence-electron chi connectivity index (χ4n) is 1.47. The van der Waals surface area contributed by atoms with E-state index >= 15 is 0 Å². The summed E-state index contributed by atoms with van der Waals surface area (Å²) in [6.45, 7) is 0. The van der Waals surface area contributed by atoms with E-state index in [1.807, 2.05) is 6.07 Å². The molecule has 5 heteroatoms. The van der Waals surface area contributed by atoms with E-state index < -0.39 is 5.97 Å². The number of ether oxygens (including phenoxy) is 2. The Bertz CT molecular complexity index is 466. The maximum Gasteiger partial charge on any atom is 0.310 e. The van der Waals surface area contributed by atoms with Gasteiger partial charge >= 0.3 is 5.97 Å². The minimum absolute atomic E-state index is 0.0283. The van der Waals surface area contributed by atoms with E-state index in [1.54, 1.807) is 12.1 Å². The van der Waals surface area contributed by atoms with Crippen LogP contribution in [0.1, 0.15) is 16.7 Å². The highest BCUT2D eigenvalue weighted by Gasteiger charge is 2.14. The van der Waals surface area contributed by atoms with Crippen molar-refractivity contribution in [2.45, 2.75) is 12.3 Å². The van der Waals surface area contributed by atoms with E-state index in [0.29, 0.717) is 16.9 Å². The van der Waals surface area contributed by atoms with Gasteiger partial charge in [0.2, 0.25) is 0 Å². The summed E-state index contributed by atoms with van der Waals surface area (Å²) < 4.78 is 9.68. The number of carbonyl (C=O) groups is 1. The Hall–Kier alpha value is -1.73. The van der Waals surface area contributed by atoms with Crippen LogP contribution in [0.4, 0.5) is 0 Å². The van der Waals surface area contributed by atoms with Gasteiger partial charge in [0.25, 0.3) is 0 Å². The highest BCUT2D eigenvalue weighted by Crippen LogP contribution is 2.25. The number of nitriles is 1. The number of hydrogen-bond acceptors (Lipinski definition) is 4. The molecule has 0 aliphatic heterocycles. The van der Waals surface area contributed by atoms with Crippen molar-refractivity contribution in [2.24, 2.45) is 0 Å². The quantitative estimate of drug-likeness (QED) is 0.608. The van der Waals surface area contributed by atoms with E-state index in [9.17, 15) is 4.79 Å². The Balaban J connectivity index is 3.25. The van der Waals surface area contributed by atoms with E-state index in [1.165, 1.54) is 14.2 Å². The van der Waals surface area contributed by atoms with Crippen LogP contribution in [0.5, 0.6) is 5.75 Å². The first kappa shape index (κ1) is 13.3. The molecule has 0 aliphatic rings. The average Bonchev–Trinajstić information content (AvgIpc) is 2.37. The molecule has 0 aromatic heterocycles. The highest BCUT2D eigenvalue weighted by atomic mass is 35.5. The molecule has 0 spiro atoms. The van der Waals surface area contributed by atoms with Crippen molar-refractivity contribution >= 4 is 17.6 Å². The molecule has 1 aromatic carbocycles. The van der Waals surface area contributed by atoms with Gasteiger partial charge in [-0.3, -0.25) is 4.79 Å². The normalized spacial score (nSPS) is 9.53. The first-order valence-electron chi connectivity index (χ1n) is 4.89. The van der Waals surface area contributed by atoms with E-state index in [2.05, 4.69) is 4.74 Å². The minimum Gasteiger partial charge on any atom is -0.495 e. The van der Waals surface area contributed by atoms with Crippen LogP contribution in [-0.2, 0) is 21.8 Å². The Kier molecular flexibility index (Phi) is 4.80. The molecular formula is C12H12ClNO3. The van der Waals surface area contributed by atoms with Crippen molar-refractivity contribution in [3.8, 4) is 11.8 Å². The predicted octanol–water partition coefficient (Wildman–Crippen LogP) is 2.02. The standard InChI is InChI=1S/C12H12ClNO3/c1-16-11-4-8(6-13)3-9(10(11)7-14)5-12(15)17-2/h3-4H,5-6H2,1-2H3. The number of carbonyl (C=O) groups excluding carboxylic acids is 1. The third kappa shape index (κ3) is 3.11. The van der Waals surface area contributed by atoms with Crippen LogP contribution in [0.2, 0.25) is 0 Å². The summed E-state index contributed by atoms with van der Waals surface area (Å²) >= 11 is 5.74. The molecule has 0 saturated carbocycles. The zero-order valence-corrected chi connectivity index (χ0v) is 10.4. The summed E-state index contributed by atoms with van der Waals surface area (Å²) in [4.78, 5) is 11.2. The van der Waals surface area contributed by atoms with Crippen molar-refractivity contribution < 1.29 is 14.3 Å². The molecule has 0 amide bonds. The van der Waals surface area contributed by atoms with Crippen LogP contribution in [0.15, 0.2) is 12.1 Å². The third-order valence-electron chi connectivity index (χ3n) is 2.29. The summed E-state index contributed by atoms with van der Waals surface area (Å²) in [5.74, 6) is 0.302. The van der Waals surface area contributed by atoms with Gasteiger partial charge < -0.3 is 9.47 Å². The van der Waals surface area contributed by atoms with Gasteiger partial charge in [-0.15, -0.1) is 11.6 Å². The van der Waals surface area contributed by atoms with Crippen LogP contribution in [0.25, 0.3) is 0 Å². The Morgan fingerprint density at radius 1 is 1.47 bits per heavy atom.